The van der Waals surface area contributed by atoms with Crippen molar-refractivity contribution in [1.82, 2.24) is 14.7 Å². The highest BCUT2D eigenvalue weighted by Gasteiger charge is 2.37. The summed E-state index contributed by atoms with van der Waals surface area (Å²) in [5.74, 6) is -0.00521. The predicted molar refractivity (Wildman–Crippen MR) is 90.3 cm³/mol. The van der Waals surface area contributed by atoms with E-state index in [1.54, 1.807) is 4.90 Å². The van der Waals surface area contributed by atoms with E-state index < -0.39 is 0 Å². The van der Waals surface area contributed by atoms with E-state index in [1.165, 1.54) is 6.08 Å². The average molecular weight is 329 g/mol. The molecule has 3 rings (SSSR count). The summed E-state index contributed by atoms with van der Waals surface area (Å²) in [6.07, 6.45) is 1.11. The van der Waals surface area contributed by atoms with Crippen LogP contribution in [0.1, 0.15) is 5.56 Å². The van der Waals surface area contributed by atoms with E-state index in [-0.39, 0.29) is 12.0 Å². The molecule has 0 unspecified atom stereocenters. The SMILES string of the molecule is C=CC(=O)N1CCN(C2CN(C(=O)OCc3ccccc3)C2)CC1. The maximum absolute atomic E-state index is 12.0. The van der Waals surface area contributed by atoms with Gasteiger partial charge in [0.25, 0.3) is 0 Å². The van der Waals surface area contributed by atoms with E-state index in [4.69, 9.17) is 4.74 Å². The van der Waals surface area contributed by atoms with Crippen LogP contribution in [0.5, 0.6) is 0 Å². The van der Waals surface area contributed by atoms with Crippen LogP contribution in [-0.2, 0) is 16.1 Å². The van der Waals surface area contributed by atoms with Crippen LogP contribution < -0.4 is 0 Å². The van der Waals surface area contributed by atoms with Gasteiger partial charge in [0.15, 0.2) is 0 Å². The summed E-state index contributed by atoms with van der Waals surface area (Å²) in [4.78, 5) is 29.5. The third-order valence-electron chi connectivity index (χ3n) is 4.64. The number of piperazine rings is 1. The number of hydrogen-bond acceptors (Lipinski definition) is 4. The van der Waals surface area contributed by atoms with Crippen molar-refractivity contribution >= 4 is 12.0 Å². The molecule has 0 aliphatic carbocycles. The van der Waals surface area contributed by atoms with Gasteiger partial charge in [-0.05, 0) is 11.6 Å². The molecule has 0 bridgehead atoms. The first-order chi connectivity index (χ1) is 11.7. The Morgan fingerprint density at radius 1 is 1.08 bits per heavy atom. The van der Waals surface area contributed by atoms with Gasteiger partial charge in [0, 0.05) is 45.3 Å². The number of rotatable bonds is 4. The zero-order chi connectivity index (χ0) is 16.9. The van der Waals surface area contributed by atoms with Crippen LogP contribution in [0.15, 0.2) is 43.0 Å². The summed E-state index contributed by atoms with van der Waals surface area (Å²) in [5, 5.41) is 0. The Labute approximate surface area is 142 Å². The van der Waals surface area contributed by atoms with Gasteiger partial charge in [-0.25, -0.2) is 4.79 Å². The Balaban J connectivity index is 1.37. The van der Waals surface area contributed by atoms with Crippen molar-refractivity contribution in [3.63, 3.8) is 0 Å². The number of carbonyl (C=O) groups is 2. The number of likely N-dealkylation sites (tertiary alicyclic amines) is 1. The van der Waals surface area contributed by atoms with Crippen molar-refractivity contribution in [2.45, 2.75) is 12.6 Å². The van der Waals surface area contributed by atoms with Gasteiger partial charge in [-0.1, -0.05) is 36.9 Å². The van der Waals surface area contributed by atoms with Crippen molar-refractivity contribution < 1.29 is 14.3 Å². The molecule has 2 saturated heterocycles. The van der Waals surface area contributed by atoms with E-state index >= 15 is 0 Å². The maximum Gasteiger partial charge on any atom is 0.410 e. The lowest BCUT2D eigenvalue weighted by Gasteiger charge is -2.47. The minimum atomic E-state index is -0.254. The van der Waals surface area contributed by atoms with E-state index in [1.807, 2.05) is 35.2 Å². The topological polar surface area (TPSA) is 53.1 Å². The summed E-state index contributed by atoms with van der Waals surface area (Å²) in [6, 6.07) is 10.1. The summed E-state index contributed by atoms with van der Waals surface area (Å²) < 4.78 is 5.34. The van der Waals surface area contributed by atoms with E-state index in [0.717, 1.165) is 31.7 Å². The van der Waals surface area contributed by atoms with Crippen molar-refractivity contribution in [2.24, 2.45) is 0 Å². The fourth-order valence-electron chi connectivity index (χ4n) is 3.08. The first-order valence-corrected chi connectivity index (χ1v) is 8.28. The second kappa shape index (κ2) is 7.49. The molecular weight excluding hydrogens is 306 g/mol. The zero-order valence-corrected chi connectivity index (χ0v) is 13.8. The summed E-state index contributed by atoms with van der Waals surface area (Å²) in [7, 11) is 0. The summed E-state index contributed by atoms with van der Waals surface area (Å²) in [6.45, 7) is 8.36. The summed E-state index contributed by atoms with van der Waals surface area (Å²) in [5.41, 5.74) is 0.992. The number of benzene rings is 1. The Bertz CT molecular complexity index is 591. The smallest absolute Gasteiger partial charge is 0.410 e. The number of amides is 2. The Kier molecular flexibility index (Phi) is 5.15. The highest BCUT2D eigenvalue weighted by Crippen LogP contribution is 2.18. The number of carbonyl (C=O) groups excluding carboxylic acids is 2. The Morgan fingerprint density at radius 3 is 2.38 bits per heavy atom. The highest BCUT2D eigenvalue weighted by molar-refractivity contribution is 5.87. The molecule has 24 heavy (non-hydrogen) atoms. The second-order valence-electron chi connectivity index (χ2n) is 6.16. The molecule has 2 aliphatic rings. The molecule has 0 spiro atoms. The van der Waals surface area contributed by atoms with Gasteiger partial charge in [-0.15, -0.1) is 0 Å². The Morgan fingerprint density at radius 2 is 1.75 bits per heavy atom. The van der Waals surface area contributed by atoms with Crippen molar-refractivity contribution in [3.8, 4) is 0 Å². The molecule has 2 fully saturated rings. The minimum Gasteiger partial charge on any atom is -0.445 e. The van der Waals surface area contributed by atoms with Gasteiger partial charge in [-0.3, -0.25) is 9.69 Å². The molecule has 0 radical (unpaired) electrons. The van der Waals surface area contributed by atoms with Crippen LogP contribution in [0, 0.1) is 0 Å². The number of ether oxygens (including phenoxy) is 1. The van der Waals surface area contributed by atoms with E-state index in [9.17, 15) is 9.59 Å². The second-order valence-corrected chi connectivity index (χ2v) is 6.16. The lowest BCUT2D eigenvalue weighted by Crippen LogP contribution is -2.64. The van der Waals surface area contributed by atoms with Crippen LogP contribution in [0.2, 0.25) is 0 Å². The normalized spacial score (nSPS) is 18.8. The van der Waals surface area contributed by atoms with Crippen molar-refractivity contribution in [3.05, 3.63) is 48.6 Å². The average Bonchev–Trinajstić information content (AvgIpc) is 2.59. The molecule has 2 aliphatic heterocycles. The monoisotopic (exact) mass is 329 g/mol. The molecule has 0 N–H and O–H groups in total. The third-order valence-corrected chi connectivity index (χ3v) is 4.64. The quantitative estimate of drug-likeness (QED) is 0.782. The van der Waals surface area contributed by atoms with Crippen LogP contribution >= 0.6 is 0 Å². The van der Waals surface area contributed by atoms with Crippen molar-refractivity contribution in [1.29, 1.82) is 0 Å². The Hall–Kier alpha value is -2.34. The maximum atomic E-state index is 12.0. The van der Waals surface area contributed by atoms with Gasteiger partial charge < -0.3 is 14.5 Å². The van der Waals surface area contributed by atoms with Gasteiger partial charge >= 0.3 is 6.09 Å². The van der Waals surface area contributed by atoms with Crippen LogP contribution in [-0.4, -0.2) is 72.0 Å². The van der Waals surface area contributed by atoms with Gasteiger partial charge in [-0.2, -0.15) is 0 Å². The molecule has 0 atom stereocenters. The van der Waals surface area contributed by atoms with Crippen LogP contribution in [0.25, 0.3) is 0 Å². The summed E-state index contributed by atoms with van der Waals surface area (Å²) >= 11 is 0. The molecule has 128 valence electrons. The standard InChI is InChI=1S/C18H23N3O3/c1-2-17(22)20-10-8-19(9-11-20)16-12-21(13-16)18(23)24-14-15-6-4-3-5-7-15/h2-7,16H,1,8-14H2. The van der Waals surface area contributed by atoms with E-state index in [0.29, 0.717) is 25.7 Å². The number of hydrogen-bond donors (Lipinski definition) is 0. The zero-order valence-electron chi connectivity index (χ0n) is 13.8. The predicted octanol–water partition coefficient (Wildman–Crippen LogP) is 1.34. The lowest BCUT2D eigenvalue weighted by molar-refractivity contribution is -0.128. The minimum absolute atomic E-state index is 0.00521. The molecule has 2 amide bonds. The lowest BCUT2D eigenvalue weighted by atomic mass is 10.1. The highest BCUT2D eigenvalue weighted by atomic mass is 16.6. The third kappa shape index (κ3) is 3.76. The molecular formula is C18H23N3O3. The molecule has 0 aromatic heterocycles. The van der Waals surface area contributed by atoms with Gasteiger partial charge in [0.2, 0.25) is 5.91 Å². The van der Waals surface area contributed by atoms with E-state index in [2.05, 4.69) is 11.5 Å². The first kappa shape index (κ1) is 16.5. The molecule has 1 aromatic carbocycles. The fourth-order valence-corrected chi connectivity index (χ4v) is 3.08. The first-order valence-electron chi connectivity index (χ1n) is 8.28. The molecule has 2 heterocycles. The van der Waals surface area contributed by atoms with Crippen LogP contribution in [0.4, 0.5) is 4.79 Å². The molecule has 0 saturated carbocycles. The molecule has 6 nitrogen and oxygen atoms in total. The van der Waals surface area contributed by atoms with Gasteiger partial charge in [0.05, 0.1) is 0 Å². The largest absolute Gasteiger partial charge is 0.445 e. The number of nitrogens with zero attached hydrogens (tertiary/aromatic N) is 3. The van der Waals surface area contributed by atoms with Crippen molar-refractivity contribution in [2.75, 3.05) is 39.3 Å². The molecule has 6 heteroatoms. The van der Waals surface area contributed by atoms with Crippen LogP contribution in [0.3, 0.4) is 0 Å². The molecule has 1 aromatic rings. The van der Waals surface area contributed by atoms with Gasteiger partial charge in [0.1, 0.15) is 6.61 Å². The fraction of sp³-hybridized carbons (Fsp3) is 0.444.